The first-order chi connectivity index (χ1) is 29.1. The van der Waals surface area contributed by atoms with E-state index in [1.807, 2.05) is 0 Å². The molecule has 0 fully saturated rings. The van der Waals surface area contributed by atoms with Gasteiger partial charge in [0, 0.05) is 28.9 Å². The third kappa shape index (κ3) is 14.5. The maximum absolute atomic E-state index is 12.6. The van der Waals surface area contributed by atoms with Gasteiger partial charge in [0.05, 0.1) is 57.1 Å². The Hall–Kier alpha value is -4.62. The van der Waals surface area contributed by atoms with E-state index >= 15 is 0 Å². The number of sulfone groups is 1. The van der Waals surface area contributed by atoms with Gasteiger partial charge in [-0.3, -0.25) is 13.7 Å². The molecule has 0 aliphatic rings. The SMILES string of the molecule is O=S(=O)(O)OCCSOOc1ccc(N=Nc2c(SOOO)cc3cc(S(=O)(=O)O)cc(Nc4nc(Cl)nc(Nc5ccc(S(=O)(=O)CCOS(=O)(=O)O)cc5)n4)c3c2O)cc1. The maximum Gasteiger partial charge on any atom is 0.397 e. The number of nitrogens with one attached hydrogen (secondary N) is 2. The second-order valence-corrected chi connectivity index (χ2v) is 18.9. The number of phenolic OH excluding ortho intramolecular Hbond substituents is 1. The number of fused-ring (bicyclic) bond motifs is 1. The molecule has 33 heteroatoms. The lowest BCUT2D eigenvalue weighted by Crippen LogP contribution is -2.15. The molecule has 0 saturated carbocycles. The summed E-state index contributed by atoms with van der Waals surface area (Å²) in [6.07, 6.45) is 0. The number of benzene rings is 4. The predicted molar refractivity (Wildman–Crippen MR) is 216 cm³/mol. The Labute approximate surface area is 363 Å². The Balaban J connectivity index is 1.42. The van der Waals surface area contributed by atoms with Gasteiger partial charge in [0.25, 0.3) is 10.1 Å². The molecule has 62 heavy (non-hydrogen) atoms. The van der Waals surface area contributed by atoms with E-state index in [2.05, 4.69) is 53.6 Å². The van der Waals surface area contributed by atoms with Crippen LogP contribution in [0, 0.1) is 0 Å². The van der Waals surface area contributed by atoms with Crippen LogP contribution >= 0.6 is 35.7 Å². The van der Waals surface area contributed by atoms with Gasteiger partial charge in [0.1, 0.15) is 5.69 Å². The average Bonchev–Trinajstić information content (AvgIpc) is 3.17. The van der Waals surface area contributed by atoms with Crippen molar-refractivity contribution < 1.29 is 84.7 Å². The van der Waals surface area contributed by atoms with Crippen molar-refractivity contribution in [2.75, 3.05) is 35.4 Å². The van der Waals surface area contributed by atoms with Gasteiger partial charge in [0.15, 0.2) is 21.3 Å². The summed E-state index contributed by atoms with van der Waals surface area (Å²) in [5.74, 6) is -1.88. The van der Waals surface area contributed by atoms with Crippen molar-refractivity contribution in [1.82, 2.24) is 15.0 Å². The minimum absolute atomic E-state index is 0.0256. The monoisotopic (exact) mass is 1000 g/mol. The summed E-state index contributed by atoms with van der Waals surface area (Å²) < 4.78 is 137. The molecule has 0 aliphatic carbocycles. The molecule has 0 saturated heterocycles. The van der Waals surface area contributed by atoms with Gasteiger partial charge >= 0.3 is 20.8 Å². The van der Waals surface area contributed by atoms with Crippen LogP contribution in [0.5, 0.6) is 11.5 Å². The first kappa shape index (κ1) is 48.4. The molecule has 5 rings (SSSR count). The van der Waals surface area contributed by atoms with Crippen LogP contribution in [-0.2, 0) is 62.8 Å². The molecule has 334 valence electrons. The third-order valence-corrected chi connectivity index (χ3v) is 11.9. The fourth-order valence-corrected chi connectivity index (χ4v) is 8.12. The molecular formula is C29H26ClN7O19S6. The molecule has 7 N–H and O–H groups in total. The van der Waals surface area contributed by atoms with Crippen LogP contribution in [0.1, 0.15) is 0 Å². The smallest absolute Gasteiger partial charge is 0.397 e. The maximum atomic E-state index is 12.6. The molecule has 0 unspecified atom stereocenters. The number of anilines is 4. The van der Waals surface area contributed by atoms with Crippen molar-refractivity contribution in [2.24, 2.45) is 10.2 Å². The summed E-state index contributed by atoms with van der Waals surface area (Å²) in [7, 11) is -18.4. The highest BCUT2D eigenvalue weighted by atomic mass is 35.5. The third-order valence-electron chi connectivity index (χ3n) is 7.16. The van der Waals surface area contributed by atoms with Gasteiger partial charge in [-0.1, -0.05) is 5.04 Å². The summed E-state index contributed by atoms with van der Waals surface area (Å²) in [6, 6.07) is 13.7. The Morgan fingerprint density at radius 3 is 2.02 bits per heavy atom. The highest BCUT2D eigenvalue weighted by molar-refractivity contribution is 7.95. The zero-order valence-corrected chi connectivity index (χ0v) is 35.8. The van der Waals surface area contributed by atoms with Crippen LogP contribution in [0.25, 0.3) is 10.8 Å². The van der Waals surface area contributed by atoms with E-state index in [1.165, 1.54) is 54.6 Å². The van der Waals surface area contributed by atoms with Crippen LogP contribution in [-0.4, -0.2) is 97.4 Å². The van der Waals surface area contributed by atoms with Crippen LogP contribution in [0.15, 0.2) is 91.6 Å². The highest BCUT2D eigenvalue weighted by Gasteiger charge is 2.23. The molecule has 5 aromatic rings. The quantitative estimate of drug-likeness (QED) is 0.0115. The van der Waals surface area contributed by atoms with E-state index in [1.54, 1.807) is 0 Å². The molecule has 0 spiro atoms. The summed E-state index contributed by atoms with van der Waals surface area (Å²) in [6.45, 7) is -1.23. The van der Waals surface area contributed by atoms with E-state index in [4.69, 9.17) is 35.2 Å². The Morgan fingerprint density at radius 2 is 1.39 bits per heavy atom. The van der Waals surface area contributed by atoms with Gasteiger partial charge < -0.3 is 20.6 Å². The van der Waals surface area contributed by atoms with Crippen LogP contribution in [0.2, 0.25) is 5.28 Å². The number of azo groups is 1. The fourth-order valence-electron chi connectivity index (χ4n) is 4.69. The Morgan fingerprint density at radius 1 is 0.742 bits per heavy atom. The van der Waals surface area contributed by atoms with Crippen molar-refractivity contribution in [1.29, 1.82) is 0 Å². The van der Waals surface area contributed by atoms with E-state index in [0.717, 1.165) is 12.1 Å². The van der Waals surface area contributed by atoms with Crippen molar-refractivity contribution in [3.63, 3.8) is 0 Å². The van der Waals surface area contributed by atoms with E-state index in [0.29, 0.717) is 24.1 Å². The largest absolute Gasteiger partial charge is 0.505 e. The van der Waals surface area contributed by atoms with Crippen LogP contribution in [0.4, 0.5) is 34.6 Å². The van der Waals surface area contributed by atoms with Gasteiger partial charge in [-0.25, -0.2) is 22.0 Å². The van der Waals surface area contributed by atoms with Crippen molar-refractivity contribution in [2.45, 2.75) is 14.7 Å². The number of rotatable bonds is 22. The highest BCUT2D eigenvalue weighted by Crippen LogP contribution is 2.47. The summed E-state index contributed by atoms with van der Waals surface area (Å²) in [4.78, 5) is 16.2. The average molecular weight is 1000 g/mol. The summed E-state index contributed by atoms with van der Waals surface area (Å²) in [5, 5.41) is 37.2. The number of nitrogens with zero attached hydrogens (tertiary/aromatic N) is 5. The van der Waals surface area contributed by atoms with Gasteiger partial charge in [-0.15, -0.1) is 13.8 Å². The van der Waals surface area contributed by atoms with Crippen molar-refractivity contribution >= 4 is 122 Å². The Bertz CT molecular complexity index is 2900. The second kappa shape index (κ2) is 20.7. The van der Waals surface area contributed by atoms with E-state index in [-0.39, 0.29) is 66.7 Å². The number of aromatic hydroxyl groups is 1. The summed E-state index contributed by atoms with van der Waals surface area (Å²) in [5.41, 5.74) is -0.164. The van der Waals surface area contributed by atoms with Crippen LogP contribution in [0.3, 0.4) is 0 Å². The van der Waals surface area contributed by atoms with Gasteiger partial charge in [-0.05, 0) is 83.7 Å². The second-order valence-electron chi connectivity index (χ2n) is 11.4. The number of aromatic nitrogens is 3. The van der Waals surface area contributed by atoms with Gasteiger partial charge in [-0.2, -0.15) is 45.3 Å². The standard InChI is InChI=1S/C29H26ClN7O19S6/c30-27-33-28(31-17-3-7-20(8-4-17)59(40,41)12-10-52-62(48,49)50)35-29(34-27)32-22-15-21(60(42,43)44)13-16-14-23(58-56-54-39)25(26(38)24(16)22)37-36-18-1-5-19(6-2-18)53-55-57-11-9-51-61(45,46)47/h1-8,13-15,38-39H,9-12H2,(H,42,43,44)(H,45,46,47)(H,48,49,50)(H2,31,32,33,34,35). The number of hydrogen-bond acceptors (Lipinski definition) is 25. The molecule has 0 aliphatic heterocycles. The minimum atomic E-state index is -4.91. The van der Waals surface area contributed by atoms with E-state index < -0.39 is 75.6 Å². The molecule has 26 nitrogen and oxygen atoms in total. The van der Waals surface area contributed by atoms with Crippen LogP contribution < -0.4 is 15.5 Å². The molecule has 0 atom stereocenters. The minimum Gasteiger partial charge on any atom is -0.505 e. The first-order valence-corrected chi connectivity index (χ1v) is 23.9. The molecular weight excluding hydrogens is 978 g/mol. The number of phenols is 1. The predicted octanol–water partition coefficient (Wildman–Crippen LogP) is 5.33. The zero-order chi connectivity index (χ0) is 45.3. The van der Waals surface area contributed by atoms with Crippen molar-refractivity contribution in [3.05, 3.63) is 72.0 Å². The molecule has 0 radical (unpaired) electrons. The molecule has 4 aromatic carbocycles. The molecule has 0 amide bonds. The molecule has 0 bridgehead atoms. The van der Waals surface area contributed by atoms with Gasteiger partial charge in [0.2, 0.25) is 17.2 Å². The normalized spacial score (nSPS) is 12.5. The Kier molecular flexibility index (Phi) is 16.2. The molecule has 1 heterocycles. The zero-order valence-electron chi connectivity index (χ0n) is 30.2. The number of hydrogen-bond donors (Lipinski definition) is 7. The number of halogens is 1. The van der Waals surface area contributed by atoms with E-state index in [9.17, 15) is 43.3 Å². The molecule has 1 aromatic heterocycles. The lowest BCUT2D eigenvalue weighted by Gasteiger charge is -2.15. The van der Waals surface area contributed by atoms with Crippen molar-refractivity contribution in [3.8, 4) is 11.5 Å². The fraction of sp³-hybridized carbons (Fsp3) is 0.138. The topological polar surface area (TPSA) is 381 Å². The lowest BCUT2D eigenvalue weighted by atomic mass is 10.1. The lowest BCUT2D eigenvalue weighted by molar-refractivity contribution is -0.432. The first-order valence-electron chi connectivity index (χ1n) is 16.1. The summed E-state index contributed by atoms with van der Waals surface area (Å²) >= 11 is 7.16.